The molecule has 0 bridgehead atoms. The van der Waals surface area contributed by atoms with E-state index < -0.39 is 11.6 Å². The van der Waals surface area contributed by atoms with E-state index in [4.69, 9.17) is 11.6 Å². The lowest BCUT2D eigenvalue weighted by Crippen LogP contribution is -2.16. The molecule has 0 unspecified atom stereocenters. The van der Waals surface area contributed by atoms with Gasteiger partial charge >= 0.3 is 0 Å². The molecular formula is C16H13ClF3N. The number of benzene rings is 2. The summed E-state index contributed by atoms with van der Waals surface area (Å²) in [7, 11) is 0. The Morgan fingerprint density at radius 3 is 2.38 bits per heavy atom. The average molecular weight is 312 g/mol. The largest absolute Gasteiger partial charge is 0.310 e. The van der Waals surface area contributed by atoms with Gasteiger partial charge in [0.1, 0.15) is 5.82 Å². The second-order valence-electron chi connectivity index (χ2n) is 5.21. The fourth-order valence-corrected chi connectivity index (χ4v) is 2.40. The fourth-order valence-electron chi connectivity index (χ4n) is 2.14. The van der Waals surface area contributed by atoms with Crippen LogP contribution in [0, 0.1) is 17.5 Å². The lowest BCUT2D eigenvalue weighted by Gasteiger charge is -2.09. The molecule has 21 heavy (non-hydrogen) atoms. The summed E-state index contributed by atoms with van der Waals surface area (Å²) in [5, 5.41) is 3.28. The van der Waals surface area contributed by atoms with E-state index in [0.717, 1.165) is 25.0 Å². The molecule has 2 aromatic carbocycles. The first-order valence-corrected chi connectivity index (χ1v) is 7.09. The van der Waals surface area contributed by atoms with E-state index in [-0.39, 0.29) is 16.4 Å². The topological polar surface area (TPSA) is 12.0 Å². The zero-order valence-corrected chi connectivity index (χ0v) is 11.9. The van der Waals surface area contributed by atoms with Crippen LogP contribution in [-0.2, 0) is 6.54 Å². The number of hydrogen-bond acceptors (Lipinski definition) is 1. The number of nitrogens with one attached hydrogen (secondary N) is 1. The first kappa shape index (κ1) is 14.4. The van der Waals surface area contributed by atoms with Crippen LogP contribution >= 0.6 is 11.6 Å². The number of hydrogen-bond donors (Lipinski definition) is 1. The molecule has 1 aliphatic rings. The maximum atomic E-state index is 14.1. The summed E-state index contributed by atoms with van der Waals surface area (Å²) in [4.78, 5) is 0. The molecule has 2 aromatic rings. The zero-order valence-electron chi connectivity index (χ0n) is 11.1. The summed E-state index contributed by atoms with van der Waals surface area (Å²) in [6.45, 7) is 0.461. The van der Waals surface area contributed by atoms with Crippen molar-refractivity contribution in [3.63, 3.8) is 0 Å². The predicted molar refractivity (Wildman–Crippen MR) is 76.6 cm³/mol. The van der Waals surface area contributed by atoms with E-state index in [1.807, 2.05) is 0 Å². The highest BCUT2D eigenvalue weighted by atomic mass is 35.5. The van der Waals surface area contributed by atoms with Gasteiger partial charge in [0.2, 0.25) is 0 Å². The van der Waals surface area contributed by atoms with Crippen LogP contribution in [-0.4, -0.2) is 6.04 Å². The van der Waals surface area contributed by atoms with Crippen LogP contribution in [0.15, 0.2) is 30.3 Å². The van der Waals surface area contributed by atoms with Crippen molar-refractivity contribution in [2.24, 2.45) is 0 Å². The highest BCUT2D eigenvalue weighted by molar-refractivity contribution is 6.33. The molecule has 0 heterocycles. The highest BCUT2D eigenvalue weighted by Gasteiger charge is 2.20. The second kappa shape index (κ2) is 5.70. The Hall–Kier alpha value is -1.52. The first-order valence-electron chi connectivity index (χ1n) is 6.71. The van der Waals surface area contributed by atoms with E-state index in [0.29, 0.717) is 23.7 Å². The third kappa shape index (κ3) is 3.22. The van der Waals surface area contributed by atoms with Crippen LogP contribution in [0.2, 0.25) is 5.02 Å². The third-order valence-corrected chi connectivity index (χ3v) is 3.85. The molecule has 0 atom stereocenters. The van der Waals surface area contributed by atoms with Crippen molar-refractivity contribution < 1.29 is 13.2 Å². The Bertz CT molecular complexity index is 683. The Morgan fingerprint density at radius 2 is 1.71 bits per heavy atom. The standard InChI is InChI=1S/C16H13ClF3N/c17-13-7-16(20)15(19)6-12(13)9-1-2-10(14(18)5-9)8-21-11-3-4-11/h1-2,5-7,11,21H,3-4,8H2. The van der Waals surface area contributed by atoms with Crippen molar-refractivity contribution in [1.82, 2.24) is 5.32 Å². The van der Waals surface area contributed by atoms with Gasteiger partial charge < -0.3 is 5.32 Å². The van der Waals surface area contributed by atoms with Gasteiger partial charge in [-0.15, -0.1) is 0 Å². The van der Waals surface area contributed by atoms with E-state index in [1.54, 1.807) is 12.1 Å². The predicted octanol–water partition coefficient (Wildman–Crippen LogP) is 4.68. The first-order chi connectivity index (χ1) is 10.0. The van der Waals surface area contributed by atoms with E-state index in [2.05, 4.69) is 5.32 Å². The van der Waals surface area contributed by atoms with Gasteiger partial charge in [-0.2, -0.15) is 0 Å². The van der Waals surface area contributed by atoms with Gasteiger partial charge in [-0.05, 0) is 36.6 Å². The SMILES string of the molecule is Fc1cc(Cl)c(-c2ccc(CNC3CC3)c(F)c2)cc1F. The van der Waals surface area contributed by atoms with Gasteiger partial charge in [-0.3, -0.25) is 0 Å². The zero-order chi connectivity index (χ0) is 15.0. The van der Waals surface area contributed by atoms with Crippen molar-refractivity contribution in [2.45, 2.75) is 25.4 Å². The quantitative estimate of drug-likeness (QED) is 0.809. The molecule has 0 aliphatic heterocycles. The lowest BCUT2D eigenvalue weighted by atomic mass is 10.0. The number of halogens is 4. The highest BCUT2D eigenvalue weighted by Crippen LogP contribution is 2.31. The molecular weight excluding hydrogens is 299 g/mol. The minimum Gasteiger partial charge on any atom is -0.310 e. The van der Waals surface area contributed by atoms with Crippen LogP contribution < -0.4 is 5.32 Å². The molecule has 5 heteroatoms. The summed E-state index contributed by atoms with van der Waals surface area (Å²) in [5.41, 5.74) is 1.24. The van der Waals surface area contributed by atoms with Crippen molar-refractivity contribution in [3.8, 4) is 11.1 Å². The number of rotatable bonds is 4. The van der Waals surface area contributed by atoms with Crippen molar-refractivity contribution in [2.75, 3.05) is 0 Å². The maximum absolute atomic E-state index is 14.1. The average Bonchev–Trinajstić information content (AvgIpc) is 3.25. The Morgan fingerprint density at radius 1 is 1.00 bits per heavy atom. The van der Waals surface area contributed by atoms with Gasteiger partial charge in [-0.25, -0.2) is 13.2 Å². The molecule has 0 amide bonds. The van der Waals surface area contributed by atoms with Crippen LogP contribution in [0.4, 0.5) is 13.2 Å². The molecule has 110 valence electrons. The third-order valence-electron chi connectivity index (χ3n) is 3.53. The van der Waals surface area contributed by atoms with E-state index >= 15 is 0 Å². The molecule has 0 aromatic heterocycles. The Labute approximate surface area is 125 Å². The Balaban J connectivity index is 1.88. The van der Waals surface area contributed by atoms with Crippen molar-refractivity contribution >= 4 is 11.6 Å². The fraction of sp³-hybridized carbons (Fsp3) is 0.250. The minimum absolute atomic E-state index is 0.0529. The van der Waals surface area contributed by atoms with Crippen molar-refractivity contribution in [3.05, 3.63) is 58.4 Å². The molecule has 1 saturated carbocycles. The van der Waals surface area contributed by atoms with Crippen LogP contribution in [0.25, 0.3) is 11.1 Å². The minimum atomic E-state index is -1.02. The van der Waals surface area contributed by atoms with E-state index in [9.17, 15) is 13.2 Å². The smallest absolute Gasteiger partial charge is 0.160 e. The Kier molecular flexibility index (Phi) is 3.91. The summed E-state index contributed by atoms with van der Waals surface area (Å²) in [5.74, 6) is -2.41. The molecule has 0 radical (unpaired) electrons. The molecule has 1 nitrogen and oxygen atoms in total. The molecule has 1 aliphatic carbocycles. The summed E-state index contributed by atoms with van der Waals surface area (Å²) < 4.78 is 40.4. The summed E-state index contributed by atoms with van der Waals surface area (Å²) in [6, 6.07) is 6.96. The van der Waals surface area contributed by atoms with E-state index in [1.165, 1.54) is 6.07 Å². The summed E-state index contributed by atoms with van der Waals surface area (Å²) in [6.07, 6.45) is 2.26. The van der Waals surface area contributed by atoms with Gasteiger partial charge in [0.25, 0.3) is 0 Å². The van der Waals surface area contributed by atoms with Gasteiger partial charge in [0.15, 0.2) is 11.6 Å². The molecule has 1 fully saturated rings. The van der Waals surface area contributed by atoms with Crippen molar-refractivity contribution in [1.29, 1.82) is 0 Å². The van der Waals surface area contributed by atoms with Gasteiger partial charge in [0.05, 0.1) is 5.02 Å². The lowest BCUT2D eigenvalue weighted by molar-refractivity contribution is 0.509. The molecule has 3 rings (SSSR count). The molecule has 1 N–H and O–H groups in total. The van der Waals surface area contributed by atoms with Gasteiger partial charge in [-0.1, -0.05) is 23.7 Å². The maximum Gasteiger partial charge on any atom is 0.160 e. The molecule has 0 saturated heterocycles. The normalized spacial score (nSPS) is 14.5. The molecule has 0 spiro atoms. The van der Waals surface area contributed by atoms with Crippen LogP contribution in [0.1, 0.15) is 18.4 Å². The second-order valence-corrected chi connectivity index (χ2v) is 5.61. The monoisotopic (exact) mass is 311 g/mol. The van der Waals surface area contributed by atoms with Gasteiger partial charge in [0, 0.05) is 23.7 Å². The van der Waals surface area contributed by atoms with Crippen LogP contribution in [0.5, 0.6) is 0 Å². The summed E-state index contributed by atoms with van der Waals surface area (Å²) >= 11 is 5.90. The van der Waals surface area contributed by atoms with Crippen LogP contribution in [0.3, 0.4) is 0 Å².